The molecule has 27 heavy (non-hydrogen) atoms. The van der Waals surface area contributed by atoms with E-state index in [4.69, 9.17) is 0 Å². The highest BCUT2D eigenvalue weighted by molar-refractivity contribution is 5.75. The second-order valence-electron chi connectivity index (χ2n) is 6.56. The Morgan fingerprint density at radius 2 is 1.96 bits per heavy atom. The summed E-state index contributed by atoms with van der Waals surface area (Å²) in [4.78, 5) is 25.6. The monoisotopic (exact) mass is 383 g/mol. The second-order valence-corrected chi connectivity index (χ2v) is 6.56. The normalized spacial score (nSPS) is 14.3. The van der Waals surface area contributed by atoms with Crippen LogP contribution in [0, 0.1) is 5.82 Å². The van der Waals surface area contributed by atoms with Gasteiger partial charge in [-0.15, -0.1) is 0 Å². The van der Waals surface area contributed by atoms with Crippen molar-refractivity contribution in [2.45, 2.75) is 38.0 Å². The van der Waals surface area contributed by atoms with Crippen molar-refractivity contribution in [3.63, 3.8) is 0 Å². The first-order valence-corrected chi connectivity index (χ1v) is 8.33. The van der Waals surface area contributed by atoms with E-state index in [0.29, 0.717) is 17.5 Å². The molecule has 9 heteroatoms. The number of hydrogen-bond acceptors (Lipinski definition) is 3. The van der Waals surface area contributed by atoms with Crippen molar-refractivity contribution in [3.8, 4) is 0 Å². The number of carbonyl (C=O) groups is 1. The molecule has 1 aromatic carbocycles. The van der Waals surface area contributed by atoms with Crippen molar-refractivity contribution in [2.75, 3.05) is 7.05 Å². The van der Waals surface area contributed by atoms with Crippen molar-refractivity contribution in [1.29, 1.82) is 0 Å². The fourth-order valence-corrected chi connectivity index (χ4v) is 2.67. The fourth-order valence-electron chi connectivity index (χ4n) is 2.67. The van der Waals surface area contributed by atoms with Gasteiger partial charge >= 0.3 is 6.18 Å². The second kappa shape index (κ2) is 7.13. The van der Waals surface area contributed by atoms with Crippen molar-refractivity contribution >= 4 is 5.91 Å². The van der Waals surface area contributed by atoms with Crippen molar-refractivity contribution in [1.82, 2.24) is 14.7 Å². The van der Waals surface area contributed by atoms with Gasteiger partial charge in [-0.2, -0.15) is 18.3 Å². The molecule has 1 aliphatic carbocycles. The molecule has 1 aromatic heterocycles. The summed E-state index contributed by atoms with van der Waals surface area (Å²) in [5.74, 6) is -1.26. The smallest absolute Gasteiger partial charge is 0.340 e. The third-order valence-corrected chi connectivity index (χ3v) is 4.37. The van der Waals surface area contributed by atoms with Gasteiger partial charge in [-0.1, -0.05) is 18.2 Å². The average molecular weight is 383 g/mol. The van der Waals surface area contributed by atoms with Gasteiger partial charge in [-0.25, -0.2) is 9.07 Å². The van der Waals surface area contributed by atoms with E-state index < -0.39 is 35.6 Å². The number of rotatable bonds is 5. The Balaban J connectivity index is 1.84. The largest absolute Gasteiger partial charge is 0.421 e. The van der Waals surface area contributed by atoms with E-state index >= 15 is 0 Å². The van der Waals surface area contributed by atoms with E-state index in [9.17, 15) is 27.2 Å². The lowest BCUT2D eigenvalue weighted by Crippen LogP contribution is -2.37. The number of alkyl halides is 3. The quantitative estimate of drug-likeness (QED) is 0.746. The van der Waals surface area contributed by atoms with Gasteiger partial charge in [-0.3, -0.25) is 9.59 Å². The van der Waals surface area contributed by atoms with Gasteiger partial charge in [0.1, 0.15) is 17.9 Å². The highest BCUT2D eigenvalue weighted by Gasteiger charge is 2.37. The molecular formula is C18H17F4N3O2. The summed E-state index contributed by atoms with van der Waals surface area (Å²) in [6.45, 7) is -0.720. The van der Waals surface area contributed by atoms with E-state index in [1.165, 1.54) is 25.2 Å². The van der Waals surface area contributed by atoms with E-state index in [-0.39, 0.29) is 23.7 Å². The minimum atomic E-state index is -4.83. The molecule has 0 bridgehead atoms. The number of likely N-dealkylation sites (N-methyl/N-ethyl adjacent to an activating group) is 1. The standard InChI is InChI=1S/C18H17F4N3O2/c1-24(9-12-4-2-3-5-14(12)19)16(26)10-25-17(27)13(18(20,21)22)8-15(23-25)11-6-7-11/h2-5,8,11H,6-7,9-10H2,1H3. The topological polar surface area (TPSA) is 55.2 Å². The van der Waals surface area contributed by atoms with Gasteiger partial charge in [0, 0.05) is 25.1 Å². The van der Waals surface area contributed by atoms with Crippen LogP contribution in [0.15, 0.2) is 35.1 Å². The van der Waals surface area contributed by atoms with Gasteiger partial charge in [-0.05, 0) is 25.0 Å². The van der Waals surface area contributed by atoms with Crippen molar-refractivity contribution < 1.29 is 22.4 Å². The zero-order chi connectivity index (χ0) is 19.8. The molecule has 2 aromatic rings. The summed E-state index contributed by atoms with van der Waals surface area (Å²) >= 11 is 0. The zero-order valence-corrected chi connectivity index (χ0v) is 14.5. The van der Waals surface area contributed by atoms with Gasteiger partial charge < -0.3 is 4.90 Å². The molecule has 0 aliphatic heterocycles. The molecule has 0 atom stereocenters. The predicted molar refractivity (Wildman–Crippen MR) is 88.3 cm³/mol. The van der Waals surface area contributed by atoms with Crippen molar-refractivity contribution in [3.05, 3.63) is 63.3 Å². The first-order valence-electron chi connectivity index (χ1n) is 8.33. The SMILES string of the molecule is CN(Cc1ccccc1F)C(=O)Cn1nc(C2CC2)cc(C(F)(F)F)c1=O. The van der Waals surface area contributed by atoms with Crippen LogP contribution in [0.2, 0.25) is 0 Å². The van der Waals surface area contributed by atoms with Crippen LogP contribution in [0.3, 0.4) is 0 Å². The Hall–Kier alpha value is -2.71. The minimum Gasteiger partial charge on any atom is -0.340 e. The molecule has 0 saturated heterocycles. The van der Waals surface area contributed by atoms with Gasteiger partial charge in [0.2, 0.25) is 5.91 Å². The lowest BCUT2D eigenvalue weighted by Gasteiger charge is -2.19. The summed E-state index contributed by atoms with van der Waals surface area (Å²) in [5.41, 5.74) is -2.27. The number of carbonyl (C=O) groups excluding carboxylic acids is 1. The third-order valence-electron chi connectivity index (χ3n) is 4.37. The molecule has 0 radical (unpaired) electrons. The molecule has 1 aliphatic rings. The maximum absolute atomic E-state index is 13.7. The van der Waals surface area contributed by atoms with Gasteiger partial charge in [0.05, 0.1) is 5.69 Å². The zero-order valence-electron chi connectivity index (χ0n) is 14.5. The maximum Gasteiger partial charge on any atom is 0.421 e. The summed E-state index contributed by atoms with van der Waals surface area (Å²) in [6.07, 6.45) is -3.43. The van der Waals surface area contributed by atoms with E-state index in [1.54, 1.807) is 6.07 Å². The summed E-state index contributed by atoms with van der Waals surface area (Å²) in [7, 11) is 1.38. The van der Waals surface area contributed by atoms with Crippen LogP contribution in [-0.2, 0) is 24.1 Å². The van der Waals surface area contributed by atoms with Gasteiger partial charge in [0.15, 0.2) is 0 Å². The van der Waals surface area contributed by atoms with Crippen LogP contribution < -0.4 is 5.56 Å². The number of amides is 1. The Morgan fingerprint density at radius 1 is 1.30 bits per heavy atom. The number of benzene rings is 1. The molecule has 0 spiro atoms. The molecule has 0 N–H and O–H groups in total. The van der Waals surface area contributed by atoms with Crippen molar-refractivity contribution in [2.24, 2.45) is 0 Å². The highest BCUT2D eigenvalue weighted by Crippen LogP contribution is 2.40. The number of halogens is 4. The van der Waals surface area contributed by atoms with E-state index in [1.807, 2.05) is 0 Å². The molecule has 1 amide bonds. The molecular weight excluding hydrogens is 366 g/mol. The van der Waals surface area contributed by atoms with Crippen LogP contribution in [0.1, 0.15) is 35.6 Å². The molecule has 0 unspecified atom stereocenters. The Labute approximate surface area is 152 Å². The van der Waals surface area contributed by atoms with Crippen LogP contribution in [0.25, 0.3) is 0 Å². The Bertz CT molecular complexity index is 920. The molecule has 1 heterocycles. The molecule has 144 valence electrons. The van der Waals surface area contributed by atoms with Crippen LogP contribution in [-0.4, -0.2) is 27.6 Å². The van der Waals surface area contributed by atoms with Crippen LogP contribution in [0.5, 0.6) is 0 Å². The average Bonchev–Trinajstić information content (AvgIpc) is 3.42. The lowest BCUT2D eigenvalue weighted by molar-refractivity contribution is -0.140. The maximum atomic E-state index is 13.7. The van der Waals surface area contributed by atoms with E-state index in [0.717, 1.165) is 11.0 Å². The number of hydrogen-bond donors (Lipinski definition) is 0. The minimum absolute atomic E-state index is 0.0747. The first kappa shape index (κ1) is 19.1. The first-order chi connectivity index (χ1) is 12.7. The molecule has 5 nitrogen and oxygen atoms in total. The third kappa shape index (κ3) is 4.35. The summed E-state index contributed by atoms with van der Waals surface area (Å²) in [5, 5.41) is 3.94. The highest BCUT2D eigenvalue weighted by atomic mass is 19.4. The predicted octanol–water partition coefficient (Wildman–Crippen LogP) is 2.94. The lowest BCUT2D eigenvalue weighted by atomic mass is 10.2. The fraction of sp³-hybridized carbons (Fsp3) is 0.389. The Morgan fingerprint density at radius 3 is 2.56 bits per heavy atom. The summed E-state index contributed by atoms with van der Waals surface area (Å²) in [6, 6.07) is 6.63. The number of aromatic nitrogens is 2. The molecule has 3 rings (SSSR count). The van der Waals surface area contributed by atoms with Crippen LogP contribution >= 0.6 is 0 Å². The summed E-state index contributed by atoms with van der Waals surface area (Å²) < 4.78 is 53.7. The van der Waals surface area contributed by atoms with E-state index in [2.05, 4.69) is 5.10 Å². The van der Waals surface area contributed by atoms with Gasteiger partial charge in [0.25, 0.3) is 5.56 Å². The van der Waals surface area contributed by atoms with Crippen LogP contribution in [0.4, 0.5) is 17.6 Å². The number of nitrogens with zero attached hydrogens (tertiary/aromatic N) is 3. The molecule has 1 fully saturated rings. The molecule has 1 saturated carbocycles. The Kier molecular flexibility index (Phi) is 5.03.